The molecule has 2 aromatic heterocycles. The topological polar surface area (TPSA) is 101 Å². The first-order valence-electron chi connectivity index (χ1n) is 10.3. The Kier molecular flexibility index (Phi) is 5.74. The van der Waals surface area contributed by atoms with Crippen LogP contribution in [0.5, 0.6) is 0 Å². The van der Waals surface area contributed by atoms with Crippen molar-refractivity contribution in [1.29, 1.82) is 0 Å². The number of nitrogens with zero attached hydrogens (tertiary/aromatic N) is 2. The van der Waals surface area contributed by atoms with Gasteiger partial charge in [0, 0.05) is 24.4 Å². The number of aromatic nitrogens is 3. The van der Waals surface area contributed by atoms with Gasteiger partial charge >= 0.3 is 0 Å². The van der Waals surface area contributed by atoms with Crippen LogP contribution in [0.1, 0.15) is 56.4 Å². The van der Waals surface area contributed by atoms with E-state index in [9.17, 15) is 9.59 Å². The summed E-state index contributed by atoms with van der Waals surface area (Å²) in [6.45, 7) is 2.00. The molecule has 0 atom stereocenters. The fourth-order valence-corrected chi connectivity index (χ4v) is 3.90. The van der Waals surface area contributed by atoms with E-state index in [4.69, 9.17) is 4.52 Å². The summed E-state index contributed by atoms with van der Waals surface area (Å²) in [5.74, 6) is 0.795. The molecule has 0 radical (unpaired) electrons. The van der Waals surface area contributed by atoms with Crippen LogP contribution in [0.3, 0.4) is 0 Å². The number of fused-ring (bicyclic) bond motifs is 1. The second-order valence-corrected chi connectivity index (χ2v) is 7.87. The molecule has 0 aliphatic heterocycles. The van der Waals surface area contributed by atoms with Crippen molar-refractivity contribution in [3.63, 3.8) is 0 Å². The van der Waals surface area contributed by atoms with Gasteiger partial charge in [-0.05, 0) is 49.8 Å². The molecule has 152 valence electrons. The molecule has 7 nitrogen and oxygen atoms in total. The third-order valence-electron chi connectivity index (χ3n) is 5.47. The highest BCUT2D eigenvalue weighted by Gasteiger charge is 2.16. The fourth-order valence-electron chi connectivity index (χ4n) is 3.90. The third kappa shape index (κ3) is 4.72. The lowest BCUT2D eigenvalue weighted by atomic mass is 9.95. The smallest absolute Gasteiger partial charge is 0.259 e. The molecule has 1 fully saturated rings. The summed E-state index contributed by atoms with van der Waals surface area (Å²) in [6, 6.07) is 7.95. The molecule has 0 bridgehead atoms. The number of aryl methyl sites for hydroxylation is 2. The zero-order valence-electron chi connectivity index (χ0n) is 16.7. The lowest BCUT2D eigenvalue weighted by molar-refractivity contribution is -0.122. The second-order valence-electron chi connectivity index (χ2n) is 7.87. The van der Waals surface area contributed by atoms with Crippen LogP contribution in [0.4, 0.5) is 0 Å². The summed E-state index contributed by atoms with van der Waals surface area (Å²) in [7, 11) is 0. The van der Waals surface area contributed by atoms with Crippen LogP contribution in [-0.4, -0.2) is 27.1 Å². The predicted octanol–water partition coefficient (Wildman–Crippen LogP) is 3.66. The van der Waals surface area contributed by atoms with Crippen LogP contribution in [-0.2, 0) is 11.2 Å². The number of hydrogen-bond acceptors (Lipinski definition) is 5. The highest BCUT2D eigenvalue weighted by molar-refractivity contribution is 5.82. The second kappa shape index (κ2) is 8.59. The lowest BCUT2D eigenvalue weighted by Crippen LogP contribution is -2.36. The number of carbonyl (C=O) groups excluding carboxylic acids is 1. The van der Waals surface area contributed by atoms with E-state index in [1.54, 1.807) is 6.07 Å². The molecule has 1 aromatic carbocycles. The van der Waals surface area contributed by atoms with Crippen LogP contribution in [0.15, 0.2) is 33.6 Å². The minimum atomic E-state index is -0.249. The summed E-state index contributed by atoms with van der Waals surface area (Å²) < 4.78 is 5.30. The number of aromatic amines is 1. The Morgan fingerprint density at radius 2 is 2.07 bits per heavy atom. The van der Waals surface area contributed by atoms with Crippen LogP contribution >= 0.6 is 0 Å². The number of rotatable bonds is 6. The quantitative estimate of drug-likeness (QED) is 0.664. The van der Waals surface area contributed by atoms with Gasteiger partial charge in [0.05, 0.1) is 5.56 Å². The molecule has 3 aromatic rings. The number of carbonyl (C=O) groups is 1. The van der Waals surface area contributed by atoms with E-state index in [2.05, 4.69) is 20.4 Å². The van der Waals surface area contributed by atoms with Crippen molar-refractivity contribution < 1.29 is 9.32 Å². The van der Waals surface area contributed by atoms with Crippen LogP contribution < -0.4 is 10.9 Å². The molecule has 0 unspecified atom stereocenters. The van der Waals surface area contributed by atoms with E-state index in [0.717, 1.165) is 29.3 Å². The van der Waals surface area contributed by atoms with Gasteiger partial charge in [-0.3, -0.25) is 9.59 Å². The molecule has 4 rings (SSSR count). The molecule has 1 aliphatic carbocycles. The van der Waals surface area contributed by atoms with Crippen LogP contribution in [0, 0.1) is 6.92 Å². The van der Waals surface area contributed by atoms with Crippen molar-refractivity contribution in [3.05, 3.63) is 46.1 Å². The molecular weight excluding hydrogens is 368 g/mol. The fraction of sp³-hybridized carbons (Fsp3) is 0.455. The highest BCUT2D eigenvalue weighted by Crippen LogP contribution is 2.19. The Morgan fingerprint density at radius 3 is 2.90 bits per heavy atom. The Labute approximate surface area is 168 Å². The van der Waals surface area contributed by atoms with Crippen molar-refractivity contribution in [2.45, 2.75) is 64.3 Å². The van der Waals surface area contributed by atoms with Gasteiger partial charge in [0.25, 0.3) is 5.56 Å². The van der Waals surface area contributed by atoms with E-state index >= 15 is 0 Å². The van der Waals surface area contributed by atoms with Crippen LogP contribution in [0.25, 0.3) is 22.3 Å². The third-order valence-corrected chi connectivity index (χ3v) is 5.47. The maximum absolute atomic E-state index is 12.4. The van der Waals surface area contributed by atoms with Gasteiger partial charge in [0.15, 0.2) is 0 Å². The number of nitrogens with one attached hydrogen (secondary N) is 2. The summed E-state index contributed by atoms with van der Waals surface area (Å²) in [5.41, 5.74) is 2.02. The van der Waals surface area contributed by atoms with Gasteiger partial charge < -0.3 is 14.8 Å². The predicted molar refractivity (Wildman–Crippen MR) is 111 cm³/mol. The van der Waals surface area contributed by atoms with Gasteiger partial charge in [-0.25, -0.2) is 0 Å². The first-order chi connectivity index (χ1) is 14.1. The highest BCUT2D eigenvalue weighted by atomic mass is 16.5. The number of hydrogen-bond donors (Lipinski definition) is 2. The van der Waals surface area contributed by atoms with Crippen molar-refractivity contribution in [1.82, 2.24) is 20.4 Å². The van der Waals surface area contributed by atoms with E-state index in [1.807, 2.05) is 25.1 Å². The Hall–Kier alpha value is -2.96. The molecule has 0 saturated heterocycles. The lowest BCUT2D eigenvalue weighted by Gasteiger charge is -2.22. The van der Waals surface area contributed by atoms with Gasteiger partial charge in [-0.2, -0.15) is 4.98 Å². The standard InChI is InChI=1S/C22H26N4O3/c1-14-10-11-18-15(12-14)13-17(22(28)24-18)21-25-20(29-26-21)9-5-8-19(27)23-16-6-3-2-4-7-16/h10-13,16H,2-9H2,1H3,(H,23,27)(H,24,28). The minimum absolute atomic E-state index is 0.0815. The van der Waals surface area contributed by atoms with E-state index in [0.29, 0.717) is 36.8 Å². The molecular formula is C22H26N4O3. The van der Waals surface area contributed by atoms with Gasteiger partial charge in [-0.1, -0.05) is 36.0 Å². The van der Waals surface area contributed by atoms with Gasteiger partial charge in [0.2, 0.25) is 17.6 Å². The summed E-state index contributed by atoms with van der Waals surface area (Å²) in [6.07, 6.45) is 7.41. The first-order valence-corrected chi connectivity index (χ1v) is 10.3. The minimum Gasteiger partial charge on any atom is -0.353 e. The van der Waals surface area contributed by atoms with Crippen molar-refractivity contribution in [3.8, 4) is 11.4 Å². The average molecular weight is 394 g/mol. The summed E-state index contributed by atoms with van der Waals surface area (Å²) >= 11 is 0. The molecule has 1 aliphatic rings. The Bertz CT molecular complexity index is 1060. The number of benzene rings is 1. The molecule has 1 amide bonds. The summed E-state index contributed by atoms with van der Waals surface area (Å²) in [5, 5.41) is 8.00. The maximum Gasteiger partial charge on any atom is 0.259 e. The van der Waals surface area contributed by atoms with Crippen LogP contribution in [0.2, 0.25) is 0 Å². The monoisotopic (exact) mass is 394 g/mol. The number of pyridine rings is 1. The maximum atomic E-state index is 12.4. The SMILES string of the molecule is Cc1ccc2[nH]c(=O)c(-c3noc(CCCC(=O)NC4CCCCC4)n3)cc2c1. The normalized spacial score (nSPS) is 14.9. The Balaban J connectivity index is 1.37. The zero-order chi connectivity index (χ0) is 20.2. The van der Waals surface area contributed by atoms with Crippen molar-refractivity contribution in [2.24, 2.45) is 0 Å². The average Bonchev–Trinajstić information content (AvgIpc) is 3.17. The number of H-pyrrole nitrogens is 1. The first kappa shape index (κ1) is 19.4. The van der Waals surface area contributed by atoms with Crippen molar-refractivity contribution >= 4 is 16.8 Å². The van der Waals surface area contributed by atoms with Gasteiger partial charge in [-0.15, -0.1) is 0 Å². The number of amides is 1. The molecule has 2 N–H and O–H groups in total. The Morgan fingerprint density at radius 1 is 1.24 bits per heavy atom. The molecule has 29 heavy (non-hydrogen) atoms. The van der Waals surface area contributed by atoms with E-state index in [-0.39, 0.29) is 17.3 Å². The molecule has 1 saturated carbocycles. The zero-order valence-corrected chi connectivity index (χ0v) is 16.7. The van der Waals surface area contributed by atoms with E-state index in [1.165, 1.54) is 19.3 Å². The van der Waals surface area contributed by atoms with E-state index < -0.39 is 0 Å². The van der Waals surface area contributed by atoms with Crippen molar-refractivity contribution in [2.75, 3.05) is 0 Å². The summed E-state index contributed by atoms with van der Waals surface area (Å²) in [4.78, 5) is 31.7. The molecule has 7 heteroatoms. The molecule has 0 spiro atoms. The van der Waals surface area contributed by atoms with Gasteiger partial charge in [0.1, 0.15) is 0 Å². The largest absolute Gasteiger partial charge is 0.353 e. The molecule has 2 heterocycles.